The highest BCUT2D eigenvalue weighted by Gasteiger charge is 2.45. The molecule has 2 aliphatic heterocycles. The minimum atomic E-state index is -0.124. The van der Waals surface area contributed by atoms with Gasteiger partial charge < -0.3 is 14.2 Å². The maximum absolute atomic E-state index is 6.60. The van der Waals surface area contributed by atoms with Crippen LogP contribution < -0.4 is 26.2 Å². The molecule has 0 atom stereocenters. The average Bonchev–Trinajstić information content (AvgIpc) is 3.86. The van der Waals surface area contributed by atoms with Gasteiger partial charge in [0.1, 0.15) is 11.2 Å². The first-order valence-electron chi connectivity index (χ1n) is 23.4. The molecule has 1 aliphatic carbocycles. The van der Waals surface area contributed by atoms with E-state index in [0.29, 0.717) is 0 Å². The molecular formula is C60H55BN2OS. The second kappa shape index (κ2) is 14.1. The third kappa shape index (κ3) is 6.29. The van der Waals surface area contributed by atoms with Crippen LogP contribution in [0.3, 0.4) is 0 Å². The lowest BCUT2D eigenvalue weighted by Crippen LogP contribution is -2.61. The normalized spacial score (nSPS) is 14.7. The molecule has 4 heterocycles. The van der Waals surface area contributed by atoms with Gasteiger partial charge in [-0.05, 0) is 145 Å². The van der Waals surface area contributed by atoms with Crippen LogP contribution in [0.5, 0.6) is 0 Å². The van der Waals surface area contributed by atoms with Gasteiger partial charge in [0.05, 0.1) is 0 Å². The number of anilines is 6. The van der Waals surface area contributed by atoms with Crippen LogP contribution in [0.1, 0.15) is 101 Å². The van der Waals surface area contributed by atoms with Crippen molar-refractivity contribution in [3.63, 3.8) is 0 Å². The first kappa shape index (κ1) is 40.2. The molecule has 5 heteroatoms. The molecule has 3 aliphatic rings. The molecule has 0 amide bonds. The van der Waals surface area contributed by atoms with E-state index in [1.165, 1.54) is 93.2 Å². The standard InChI is InChI=1S/C60H55BN2OS/c1-58(2,3)37-23-29-47-49(31-37)62(40-25-21-36(22-26-40)42-17-14-18-46-45-16-11-13-20-55(45)65-57(42)46)51-33-39(60(7,8)9)34-52-56(51)61(47)48-30-24-38(59(4,5)6)32-50(48)63(52)41-27-28-44-43-15-10-12-19-53(43)64-54(44)35-41/h10-13,15-17,19-35H,14,18H2,1-9H3. The maximum Gasteiger partial charge on any atom is 0.252 e. The van der Waals surface area contributed by atoms with E-state index in [2.05, 4.69) is 218 Å². The highest BCUT2D eigenvalue weighted by Crippen LogP contribution is 2.49. The molecular weight excluding hydrogens is 808 g/mol. The third-order valence-corrected chi connectivity index (χ3v) is 15.7. The van der Waals surface area contributed by atoms with Crippen LogP contribution in [-0.2, 0) is 22.7 Å². The lowest BCUT2D eigenvalue weighted by molar-refractivity contribution is 0.590. The fourth-order valence-corrected chi connectivity index (χ4v) is 12.1. The van der Waals surface area contributed by atoms with Gasteiger partial charge in [0.15, 0.2) is 0 Å². The summed E-state index contributed by atoms with van der Waals surface area (Å²) in [6, 6.07) is 53.3. The highest BCUT2D eigenvalue weighted by atomic mass is 32.1. The van der Waals surface area contributed by atoms with Crippen LogP contribution >= 0.6 is 11.3 Å². The average molecular weight is 863 g/mol. The molecule has 0 fully saturated rings. The van der Waals surface area contributed by atoms with Crippen molar-refractivity contribution in [3.8, 4) is 0 Å². The first-order chi connectivity index (χ1) is 31.1. The number of nitrogens with zero attached hydrogens (tertiary/aromatic N) is 2. The topological polar surface area (TPSA) is 19.6 Å². The summed E-state index contributed by atoms with van der Waals surface area (Å²) in [5, 5.41) is 3.70. The summed E-state index contributed by atoms with van der Waals surface area (Å²) in [5.74, 6) is 0. The van der Waals surface area contributed by atoms with E-state index < -0.39 is 0 Å². The van der Waals surface area contributed by atoms with Crippen LogP contribution in [0.2, 0.25) is 0 Å². The minimum Gasteiger partial charge on any atom is -0.456 e. The maximum atomic E-state index is 6.60. The minimum absolute atomic E-state index is 0.0301. The zero-order valence-corrected chi connectivity index (χ0v) is 39.9. The SMILES string of the molecule is CC(C)(C)c1ccc2c(c1)N(c1ccc(C3=CCCc4c3sc3ccccc43)cc1)c1cc(C(C)(C)C)cc3c1B2c1ccc(C(C)(C)C)cc1N3c1ccc2c(c1)oc1ccccc12. The van der Waals surface area contributed by atoms with Gasteiger partial charge in [-0.15, -0.1) is 11.3 Å². The highest BCUT2D eigenvalue weighted by molar-refractivity contribution is 7.20. The van der Waals surface area contributed by atoms with Crippen molar-refractivity contribution in [3.05, 3.63) is 178 Å². The van der Waals surface area contributed by atoms with Crippen molar-refractivity contribution in [2.24, 2.45) is 0 Å². The molecule has 12 rings (SSSR count). The summed E-state index contributed by atoms with van der Waals surface area (Å²) in [7, 11) is 0. The molecule has 0 radical (unpaired) electrons. The van der Waals surface area contributed by atoms with Gasteiger partial charge >= 0.3 is 0 Å². The predicted octanol–water partition coefficient (Wildman–Crippen LogP) is 15.2. The predicted molar refractivity (Wildman–Crippen MR) is 281 cm³/mol. The number of hydrogen-bond donors (Lipinski definition) is 0. The van der Waals surface area contributed by atoms with Crippen LogP contribution in [0, 0.1) is 0 Å². The summed E-state index contributed by atoms with van der Waals surface area (Å²) in [4.78, 5) is 6.57. The fraction of sp³-hybridized carbons (Fsp3) is 0.233. The molecule has 0 spiro atoms. The molecule has 3 nitrogen and oxygen atoms in total. The number of fused-ring (bicyclic) bond motifs is 10. The van der Waals surface area contributed by atoms with Crippen molar-refractivity contribution in [1.82, 2.24) is 0 Å². The summed E-state index contributed by atoms with van der Waals surface area (Å²) >= 11 is 1.94. The van der Waals surface area contributed by atoms with E-state index in [-0.39, 0.29) is 23.0 Å². The number of thiophene rings is 1. The van der Waals surface area contributed by atoms with E-state index in [1.807, 2.05) is 11.3 Å². The number of hydrogen-bond acceptors (Lipinski definition) is 4. The molecule has 0 unspecified atom stereocenters. The van der Waals surface area contributed by atoms with Gasteiger partial charge in [-0.2, -0.15) is 0 Å². The Hall–Kier alpha value is -6.30. The number of benzene rings is 7. The fourth-order valence-electron chi connectivity index (χ4n) is 10.8. The molecule has 2 aromatic heterocycles. The smallest absolute Gasteiger partial charge is 0.252 e. The van der Waals surface area contributed by atoms with E-state index in [9.17, 15) is 0 Å². The number of para-hydroxylation sites is 1. The Balaban J connectivity index is 1.11. The van der Waals surface area contributed by atoms with Gasteiger partial charge in [0, 0.05) is 60.5 Å². The number of allylic oxidation sites excluding steroid dienone is 1. The summed E-state index contributed by atoms with van der Waals surface area (Å²) < 4.78 is 7.98. The lowest BCUT2D eigenvalue weighted by Gasteiger charge is -2.45. The van der Waals surface area contributed by atoms with Crippen LogP contribution in [-0.4, -0.2) is 6.71 Å². The molecule has 0 saturated carbocycles. The Morgan fingerprint density at radius 2 is 1.06 bits per heavy atom. The van der Waals surface area contributed by atoms with E-state index in [0.717, 1.165) is 40.5 Å². The van der Waals surface area contributed by atoms with Crippen LogP contribution in [0.15, 0.2) is 150 Å². The first-order valence-corrected chi connectivity index (χ1v) is 24.2. The zero-order valence-electron chi connectivity index (χ0n) is 39.1. The van der Waals surface area contributed by atoms with E-state index in [1.54, 1.807) is 0 Å². The van der Waals surface area contributed by atoms with E-state index >= 15 is 0 Å². The molecule has 0 bridgehead atoms. The Bertz CT molecular complexity index is 3460. The number of rotatable bonds is 3. The largest absolute Gasteiger partial charge is 0.456 e. The molecule has 9 aromatic rings. The quantitative estimate of drug-likeness (QED) is 0.165. The summed E-state index contributed by atoms with van der Waals surface area (Å²) in [6.45, 7) is 21.1. The molecule has 0 N–H and O–H groups in total. The number of aryl methyl sites for hydroxylation is 1. The van der Waals surface area contributed by atoms with Crippen molar-refractivity contribution in [2.75, 3.05) is 9.80 Å². The Morgan fingerprint density at radius 1 is 0.508 bits per heavy atom. The van der Waals surface area contributed by atoms with Crippen molar-refractivity contribution in [2.45, 2.75) is 91.4 Å². The number of furan rings is 1. The molecule has 0 saturated heterocycles. The lowest BCUT2D eigenvalue weighted by atomic mass is 9.33. The molecule has 320 valence electrons. The van der Waals surface area contributed by atoms with Gasteiger partial charge in [0.2, 0.25) is 0 Å². The molecule has 65 heavy (non-hydrogen) atoms. The Labute approximate surface area is 388 Å². The Kier molecular flexibility index (Phi) is 8.73. The summed E-state index contributed by atoms with van der Waals surface area (Å²) in [5.41, 5.74) is 20.9. The second-order valence-electron chi connectivity index (χ2n) is 21.7. The van der Waals surface area contributed by atoms with Crippen molar-refractivity contribution >= 4 is 106 Å². The van der Waals surface area contributed by atoms with Gasteiger partial charge in [-0.1, -0.05) is 141 Å². The second-order valence-corrected chi connectivity index (χ2v) is 22.8. The Morgan fingerprint density at radius 3 is 1.71 bits per heavy atom. The van der Waals surface area contributed by atoms with Crippen molar-refractivity contribution in [1.29, 1.82) is 0 Å². The monoisotopic (exact) mass is 862 g/mol. The molecule has 7 aromatic carbocycles. The third-order valence-electron chi connectivity index (χ3n) is 14.4. The van der Waals surface area contributed by atoms with Crippen LogP contribution in [0.4, 0.5) is 34.1 Å². The van der Waals surface area contributed by atoms with E-state index in [4.69, 9.17) is 4.42 Å². The summed E-state index contributed by atoms with van der Waals surface area (Å²) in [6.07, 6.45) is 4.62. The van der Waals surface area contributed by atoms with Gasteiger partial charge in [-0.25, -0.2) is 0 Å². The van der Waals surface area contributed by atoms with Crippen molar-refractivity contribution < 1.29 is 4.42 Å². The van der Waals surface area contributed by atoms with Crippen LogP contribution in [0.25, 0.3) is 37.6 Å². The van der Waals surface area contributed by atoms with Gasteiger partial charge in [-0.3, -0.25) is 0 Å². The zero-order chi connectivity index (χ0) is 44.7. The van der Waals surface area contributed by atoms with Gasteiger partial charge in [0.25, 0.3) is 6.71 Å².